The number of hydrogen-bond donors (Lipinski definition) is 1. The number of ether oxygens (including phenoxy) is 1. The SMILES string of the molecule is O=C(CCC1CC1)COC1C=C=C(c2ccccc2)/C(c2ccccc2)=C/C=C/N1. The zero-order chi connectivity index (χ0) is 20.6. The van der Waals surface area contributed by atoms with Crippen LogP contribution in [-0.2, 0) is 9.53 Å². The molecule has 2 aromatic rings. The van der Waals surface area contributed by atoms with Crippen LogP contribution in [0.2, 0.25) is 0 Å². The molecule has 2 aliphatic rings. The highest BCUT2D eigenvalue weighted by Crippen LogP contribution is 2.33. The summed E-state index contributed by atoms with van der Waals surface area (Å²) >= 11 is 0. The van der Waals surface area contributed by atoms with Crippen LogP contribution >= 0.6 is 0 Å². The van der Waals surface area contributed by atoms with Crippen LogP contribution in [0.3, 0.4) is 0 Å². The van der Waals surface area contributed by atoms with Crippen molar-refractivity contribution >= 4 is 16.9 Å². The number of benzene rings is 2. The van der Waals surface area contributed by atoms with Gasteiger partial charge in [0.1, 0.15) is 6.61 Å². The standard InChI is InChI=1S/C27H27NO2/c29-24(16-15-21-13-14-21)20-30-27-18-17-26(23-10-5-2-6-11-23)25(12-7-19-28-27)22-8-3-1-4-9-22/h1-12,18-19,21,27-28H,13-16,20H2/b19-7+,25-12+. The Morgan fingerprint density at radius 1 is 1.00 bits per heavy atom. The van der Waals surface area contributed by atoms with E-state index in [-0.39, 0.29) is 12.4 Å². The molecule has 2 aromatic carbocycles. The highest BCUT2D eigenvalue weighted by molar-refractivity contribution is 6.05. The summed E-state index contributed by atoms with van der Waals surface area (Å²) in [6.07, 6.45) is 11.5. The lowest BCUT2D eigenvalue weighted by molar-refractivity contribution is -0.125. The molecule has 1 unspecified atom stereocenters. The minimum absolute atomic E-state index is 0.121. The van der Waals surface area contributed by atoms with Crippen LogP contribution in [0.15, 0.2) is 90.8 Å². The molecule has 1 heterocycles. The highest BCUT2D eigenvalue weighted by atomic mass is 16.5. The molecule has 0 saturated heterocycles. The van der Waals surface area contributed by atoms with E-state index < -0.39 is 6.23 Å². The Hall–Kier alpha value is -3.13. The molecule has 1 fully saturated rings. The molecule has 1 saturated carbocycles. The lowest BCUT2D eigenvalue weighted by atomic mass is 9.92. The summed E-state index contributed by atoms with van der Waals surface area (Å²) in [6.45, 7) is 0.121. The van der Waals surface area contributed by atoms with Crippen LogP contribution in [0.5, 0.6) is 0 Å². The van der Waals surface area contributed by atoms with Gasteiger partial charge in [0.05, 0.1) is 0 Å². The van der Waals surface area contributed by atoms with E-state index in [0.29, 0.717) is 6.42 Å². The third-order valence-electron chi connectivity index (χ3n) is 5.37. The third-order valence-corrected chi connectivity index (χ3v) is 5.37. The molecule has 30 heavy (non-hydrogen) atoms. The topological polar surface area (TPSA) is 38.3 Å². The molecule has 0 spiro atoms. The predicted molar refractivity (Wildman–Crippen MR) is 121 cm³/mol. The van der Waals surface area contributed by atoms with E-state index in [4.69, 9.17) is 4.74 Å². The van der Waals surface area contributed by atoms with Crippen molar-refractivity contribution in [3.63, 3.8) is 0 Å². The molecule has 0 aromatic heterocycles. The van der Waals surface area contributed by atoms with Gasteiger partial charge in [-0.05, 0) is 41.3 Å². The molecule has 1 aliphatic heterocycles. The van der Waals surface area contributed by atoms with Crippen LogP contribution in [0.1, 0.15) is 36.8 Å². The van der Waals surface area contributed by atoms with Gasteiger partial charge in [0.2, 0.25) is 0 Å². The van der Waals surface area contributed by atoms with Crippen molar-refractivity contribution in [1.29, 1.82) is 0 Å². The summed E-state index contributed by atoms with van der Waals surface area (Å²) in [6, 6.07) is 20.5. The molecular formula is C27H27NO2. The normalized spacial score (nSPS) is 21.3. The van der Waals surface area contributed by atoms with E-state index in [0.717, 1.165) is 34.6 Å². The van der Waals surface area contributed by atoms with Gasteiger partial charge in [-0.15, -0.1) is 5.73 Å². The van der Waals surface area contributed by atoms with E-state index in [1.165, 1.54) is 12.8 Å². The van der Waals surface area contributed by atoms with Gasteiger partial charge >= 0.3 is 0 Å². The van der Waals surface area contributed by atoms with Crippen molar-refractivity contribution < 1.29 is 9.53 Å². The number of Topliss-reactive ketones (excluding diaryl/α,β-unsaturated/α-hetero) is 1. The summed E-state index contributed by atoms with van der Waals surface area (Å²) in [5, 5.41) is 3.21. The zero-order valence-corrected chi connectivity index (χ0v) is 17.1. The minimum Gasteiger partial charge on any atom is -0.362 e. The van der Waals surface area contributed by atoms with Gasteiger partial charge in [-0.1, -0.05) is 79.6 Å². The maximum Gasteiger partial charge on any atom is 0.158 e. The Morgan fingerprint density at radius 2 is 1.70 bits per heavy atom. The van der Waals surface area contributed by atoms with Crippen LogP contribution in [-0.4, -0.2) is 18.6 Å². The maximum atomic E-state index is 12.1. The average Bonchev–Trinajstić information content (AvgIpc) is 3.61. The Balaban J connectivity index is 1.57. The number of hydrogen-bond acceptors (Lipinski definition) is 3. The summed E-state index contributed by atoms with van der Waals surface area (Å²) in [5.41, 5.74) is 7.72. The number of carbonyl (C=O) groups is 1. The third kappa shape index (κ3) is 5.70. The van der Waals surface area contributed by atoms with Gasteiger partial charge in [0.15, 0.2) is 12.0 Å². The molecule has 1 aliphatic carbocycles. The van der Waals surface area contributed by atoms with E-state index in [9.17, 15) is 4.79 Å². The Morgan fingerprint density at radius 3 is 2.40 bits per heavy atom. The molecule has 0 bridgehead atoms. The Labute approximate surface area is 178 Å². The van der Waals surface area contributed by atoms with E-state index in [2.05, 4.69) is 41.4 Å². The van der Waals surface area contributed by atoms with E-state index in [1.54, 1.807) is 0 Å². The van der Waals surface area contributed by atoms with Gasteiger partial charge in [-0.3, -0.25) is 4.79 Å². The van der Waals surface area contributed by atoms with Crippen LogP contribution in [0, 0.1) is 5.92 Å². The largest absolute Gasteiger partial charge is 0.362 e. The minimum atomic E-state index is -0.409. The zero-order valence-electron chi connectivity index (χ0n) is 17.1. The molecule has 1 atom stereocenters. The number of ketones is 1. The van der Waals surface area contributed by atoms with Gasteiger partial charge < -0.3 is 10.1 Å². The second-order valence-electron chi connectivity index (χ2n) is 7.78. The fourth-order valence-electron chi connectivity index (χ4n) is 3.49. The fourth-order valence-corrected chi connectivity index (χ4v) is 3.49. The maximum absolute atomic E-state index is 12.1. The van der Waals surface area contributed by atoms with Gasteiger partial charge in [0, 0.05) is 18.1 Å². The van der Waals surface area contributed by atoms with Crippen molar-refractivity contribution in [2.75, 3.05) is 6.61 Å². The lowest BCUT2D eigenvalue weighted by Crippen LogP contribution is -2.27. The number of nitrogens with one attached hydrogen (secondary N) is 1. The van der Waals surface area contributed by atoms with Gasteiger partial charge in [-0.25, -0.2) is 0 Å². The molecular weight excluding hydrogens is 370 g/mol. The smallest absolute Gasteiger partial charge is 0.158 e. The first-order chi connectivity index (χ1) is 14.8. The Kier molecular flexibility index (Phi) is 6.76. The summed E-state index contributed by atoms with van der Waals surface area (Å²) in [5.74, 6) is 0.926. The van der Waals surface area contributed by atoms with Crippen molar-refractivity contribution in [2.24, 2.45) is 5.92 Å². The van der Waals surface area contributed by atoms with E-state index >= 15 is 0 Å². The molecule has 0 radical (unpaired) electrons. The van der Waals surface area contributed by atoms with Gasteiger partial charge in [0.25, 0.3) is 0 Å². The van der Waals surface area contributed by atoms with Gasteiger partial charge in [-0.2, -0.15) is 0 Å². The molecule has 152 valence electrons. The van der Waals surface area contributed by atoms with Crippen molar-refractivity contribution in [3.8, 4) is 0 Å². The Bertz CT molecular complexity index is 978. The van der Waals surface area contributed by atoms with Crippen LogP contribution < -0.4 is 5.32 Å². The second kappa shape index (κ2) is 10.1. The molecule has 4 rings (SSSR count). The first kappa shape index (κ1) is 20.2. The summed E-state index contributed by atoms with van der Waals surface area (Å²) in [7, 11) is 0. The number of allylic oxidation sites excluding steroid dienone is 3. The monoisotopic (exact) mass is 397 g/mol. The molecule has 0 amide bonds. The molecule has 1 N–H and O–H groups in total. The lowest BCUT2D eigenvalue weighted by Gasteiger charge is -2.13. The first-order valence-corrected chi connectivity index (χ1v) is 10.6. The van der Waals surface area contributed by atoms with Crippen molar-refractivity contribution in [3.05, 3.63) is 102 Å². The molecule has 3 heteroatoms. The van der Waals surface area contributed by atoms with Crippen molar-refractivity contribution in [2.45, 2.75) is 31.9 Å². The van der Waals surface area contributed by atoms with Crippen LogP contribution in [0.25, 0.3) is 11.1 Å². The fraction of sp³-hybridized carbons (Fsp3) is 0.259. The average molecular weight is 398 g/mol. The number of rotatable bonds is 8. The summed E-state index contributed by atoms with van der Waals surface area (Å²) < 4.78 is 5.85. The quantitative estimate of drug-likeness (QED) is 0.596. The predicted octanol–water partition coefficient (Wildman–Crippen LogP) is 5.53. The van der Waals surface area contributed by atoms with Crippen molar-refractivity contribution in [1.82, 2.24) is 5.32 Å². The van der Waals surface area contributed by atoms with Crippen LogP contribution in [0.4, 0.5) is 0 Å². The highest BCUT2D eigenvalue weighted by Gasteiger charge is 2.22. The van der Waals surface area contributed by atoms with E-state index in [1.807, 2.05) is 54.8 Å². The second-order valence-corrected chi connectivity index (χ2v) is 7.78. The first-order valence-electron chi connectivity index (χ1n) is 10.6. The summed E-state index contributed by atoms with van der Waals surface area (Å²) in [4.78, 5) is 12.1. The number of carbonyl (C=O) groups excluding carboxylic acids is 1. The molecule has 3 nitrogen and oxygen atoms in total.